The van der Waals surface area contributed by atoms with Crippen molar-refractivity contribution in [3.05, 3.63) is 35.4 Å². The molecule has 2 rings (SSSR count). The summed E-state index contributed by atoms with van der Waals surface area (Å²) >= 11 is 0. The van der Waals surface area contributed by atoms with E-state index in [0.717, 1.165) is 19.0 Å². The van der Waals surface area contributed by atoms with Crippen LogP contribution in [0.1, 0.15) is 17.5 Å². The van der Waals surface area contributed by atoms with Crippen LogP contribution < -0.4 is 10.6 Å². The summed E-state index contributed by atoms with van der Waals surface area (Å²) in [6.07, 6.45) is -3.86. The third-order valence-corrected chi connectivity index (χ3v) is 3.10. The topological polar surface area (TPSA) is 41.1 Å². The quantitative estimate of drug-likeness (QED) is 0.879. The van der Waals surface area contributed by atoms with Crippen molar-refractivity contribution in [2.24, 2.45) is 0 Å². The molecular formula is C13H15F3N2O. The van der Waals surface area contributed by atoms with E-state index in [0.29, 0.717) is 6.54 Å². The SMILES string of the molecule is O=C(Cc1ccccc1C(F)(F)F)NC1CCNC1. The first-order chi connectivity index (χ1) is 8.97. The number of carbonyl (C=O) groups is 1. The Labute approximate surface area is 109 Å². The lowest BCUT2D eigenvalue weighted by atomic mass is 10.0. The van der Waals surface area contributed by atoms with Gasteiger partial charge in [-0.25, -0.2) is 0 Å². The summed E-state index contributed by atoms with van der Waals surface area (Å²) in [5.41, 5.74) is -0.729. The van der Waals surface area contributed by atoms with Crippen LogP contribution in [0, 0.1) is 0 Å². The Bertz CT molecular complexity index is 453. The molecule has 104 valence electrons. The number of halogens is 3. The Morgan fingerprint density at radius 1 is 1.37 bits per heavy atom. The predicted molar refractivity (Wildman–Crippen MR) is 64.6 cm³/mol. The van der Waals surface area contributed by atoms with Gasteiger partial charge in [-0.2, -0.15) is 13.2 Å². The van der Waals surface area contributed by atoms with Gasteiger partial charge >= 0.3 is 6.18 Å². The molecule has 1 aliphatic rings. The molecule has 1 aliphatic heterocycles. The Morgan fingerprint density at radius 3 is 2.74 bits per heavy atom. The van der Waals surface area contributed by atoms with Crippen LogP contribution in [0.3, 0.4) is 0 Å². The van der Waals surface area contributed by atoms with Crippen molar-refractivity contribution in [1.29, 1.82) is 0 Å². The van der Waals surface area contributed by atoms with E-state index in [1.165, 1.54) is 18.2 Å². The van der Waals surface area contributed by atoms with Gasteiger partial charge in [-0.05, 0) is 24.6 Å². The van der Waals surface area contributed by atoms with E-state index in [2.05, 4.69) is 10.6 Å². The van der Waals surface area contributed by atoms with Gasteiger partial charge in [0.1, 0.15) is 0 Å². The lowest BCUT2D eigenvalue weighted by Crippen LogP contribution is -2.37. The van der Waals surface area contributed by atoms with Gasteiger partial charge in [0.25, 0.3) is 0 Å². The number of hydrogen-bond donors (Lipinski definition) is 2. The molecule has 1 atom stereocenters. The van der Waals surface area contributed by atoms with Crippen molar-refractivity contribution in [3.63, 3.8) is 0 Å². The molecule has 3 nitrogen and oxygen atoms in total. The van der Waals surface area contributed by atoms with E-state index in [1.54, 1.807) is 0 Å². The van der Waals surface area contributed by atoms with Crippen LogP contribution in [0.2, 0.25) is 0 Å². The average Bonchev–Trinajstić information content (AvgIpc) is 2.81. The molecular weight excluding hydrogens is 257 g/mol. The first-order valence-corrected chi connectivity index (χ1v) is 6.12. The van der Waals surface area contributed by atoms with E-state index in [1.807, 2.05) is 0 Å². The van der Waals surface area contributed by atoms with Crippen LogP contribution in [-0.2, 0) is 17.4 Å². The van der Waals surface area contributed by atoms with Crippen molar-refractivity contribution in [2.75, 3.05) is 13.1 Å². The maximum atomic E-state index is 12.8. The van der Waals surface area contributed by atoms with E-state index in [-0.39, 0.29) is 23.9 Å². The fourth-order valence-corrected chi connectivity index (χ4v) is 2.18. The fourth-order valence-electron chi connectivity index (χ4n) is 2.18. The number of hydrogen-bond acceptors (Lipinski definition) is 2. The molecule has 2 N–H and O–H groups in total. The average molecular weight is 272 g/mol. The van der Waals surface area contributed by atoms with Gasteiger partial charge in [0.2, 0.25) is 5.91 Å². The van der Waals surface area contributed by atoms with Crippen molar-refractivity contribution in [3.8, 4) is 0 Å². The van der Waals surface area contributed by atoms with Gasteiger partial charge in [0.15, 0.2) is 0 Å². The largest absolute Gasteiger partial charge is 0.416 e. The van der Waals surface area contributed by atoms with Crippen molar-refractivity contribution in [1.82, 2.24) is 10.6 Å². The molecule has 1 amide bonds. The maximum absolute atomic E-state index is 12.8. The Balaban J connectivity index is 2.04. The van der Waals surface area contributed by atoms with Gasteiger partial charge in [0.05, 0.1) is 12.0 Å². The molecule has 0 saturated carbocycles. The van der Waals surface area contributed by atoms with Crippen LogP contribution in [0.4, 0.5) is 13.2 Å². The zero-order valence-corrected chi connectivity index (χ0v) is 10.3. The molecule has 19 heavy (non-hydrogen) atoms. The summed E-state index contributed by atoms with van der Waals surface area (Å²) in [5.74, 6) is -0.370. The fraction of sp³-hybridized carbons (Fsp3) is 0.462. The molecule has 6 heteroatoms. The second-order valence-corrected chi connectivity index (χ2v) is 4.59. The molecule has 1 unspecified atom stereocenters. The van der Waals surface area contributed by atoms with Gasteiger partial charge in [0, 0.05) is 12.6 Å². The summed E-state index contributed by atoms with van der Waals surface area (Å²) in [5, 5.41) is 5.82. The van der Waals surface area contributed by atoms with Gasteiger partial charge in [-0.1, -0.05) is 18.2 Å². The Hall–Kier alpha value is -1.56. The lowest BCUT2D eigenvalue weighted by Gasteiger charge is -2.14. The van der Waals surface area contributed by atoms with E-state index in [4.69, 9.17) is 0 Å². The van der Waals surface area contributed by atoms with Crippen LogP contribution in [-0.4, -0.2) is 25.0 Å². The molecule has 1 aromatic carbocycles. The van der Waals surface area contributed by atoms with Crippen LogP contribution in [0.25, 0.3) is 0 Å². The zero-order valence-electron chi connectivity index (χ0n) is 10.3. The zero-order chi connectivity index (χ0) is 13.9. The highest BCUT2D eigenvalue weighted by Gasteiger charge is 2.33. The summed E-state index contributed by atoms with van der Waals surface area (Å²) in [6.45, 7) is 1.50. The maximum Gasteiger partial charge on any atom is 0.416 e. The van der Waals surface area contributed by atoms with E-state index in [9.17, 15) is 18.0 Å². The number of carbonyl (C=O) groups excluding carboxylic acids is 1. The van der Waals surface area contributed by atoms with Gasteiger partial charge < -0.3 is 10.6 Å². The van der Waals surface area contributed by atoms with Gasteiger partial charge in [-0.15, -0.1) is 0 Å². The normalized spacial score (nSPS) is 19.4. The third kappa shape index (κ3) is 3.70. The monoisotopic (exact) mass is 272 g/mol. The molecule has 0 aromatic heterocycles. The molecule has 1 saturated heterocycles. The molecule has 1 aromatic rings. The number of benzene rings is 1. The van der Waals surface area contributed by atoms with E-state index < -0.39 is 11.7 Å². The predicted octanol–water partition coefficient (Wildman–Crippen LogP) is 1.73. The first kappa shape index (κ1) is 13.9. The minimum absolute atomic E-state index is 0.0125. The minimum atomic E-state index is -4.42. The highest BCUT2D eigenvalue weighted by molar-refractivity contribution is 5.79. The summed E-state index contributed by atoms with van der Waals surface area (Å²) in [6, 6.07) is 5.19. The van der Waals surface area contributed by atoms with Gasteiger partial charge in [-0.3, -0.25) is 4.79 Å². The summed E-state index contributed by atoms with van der Waals surface area (Å²) in [4.78, 5) is 11.7. The lowest BCUT2D eigenvalue weighted by molar-refractivity contribution is -0.138. The Kier molecular flexibility index (Phi) is 4.09. The Morgan fingerprint density at radius 2 is 2.11 bits per heavy atom. The smallest absolute Gasteiger partial charge is 0.352 e. The van der Waals surface area contributed by atoms with Crippen LogP contribution >= 0.6 is 0 Å². The standard InChI is InChI=1S/C13H15F3N2O/c14-13(15,16)11-4-2-1-3-9(11)7-12(19)18-10-5-6-17-8-10/h1-4,10,17H,5-8H2,(H,18,19). The first-order valence-electron chi connectivity index (χ1n) is 6.12. The molecule has 1 heterocycles. The number of nitrogens with one attached hydrogen (secondary N) is 2. The van der Waals surface area contributed by atoms with Crippen LogP contribution in [0.5, 0.6) is 0 Å². The summed E-state index contributed by atoms with van der Waals surface area (Å²) < 4.78 is 38.3. The van der Waals surface area contributed by atoms with Crippen molar-refractivity contribution >= 4 is 5.91 Å². The highest BCUT2D eigenvalue weighted by Crippen LogP contribution is 2.31. The van der Waals surface area contributed by atoms with Crippen molar-refractivity contribution in [2.45, 2.75) is 25.1 Å². The van der Waals surface area contributed by atoms with Crippen LogP contribution in [0.15, 0.2) is 24.3 Å². The number of amides is 1. The second-order valence-electron chi connectivity index (χ2n) is 4.59. The molecule has 0 aliphatic carbocycles. The number of alkyl halides is 3. The number of rotatable bonds is 3. The van der Waals surface area contributed by atoms with Crippen molar-refractivity contribution < 1.29 is 18.0 Å². The third-order valence-electron chi connectivity index (χ3n) is 3.10. The minimum Gasteiger partial charge on any atom is -0.352 e. The molecule has 0 radical (unpaired) electrons. The molecule has 0 spiro atoms. The molecule has 0 bridgehead atoms. The highest BCUT2D eigenvalue weighted by atomic mass is 19.4. The molecule has 1 fully saturated rings. The van der Waals surface area contributed by atoms with E-state index >= 15 is 0 Å². The summed E-state index contributed by atoms with van der Waals surface area (Å²) in [7, 11) is 0. The second kappa shape index (κ2) is 5.61.